The second kappa shape index (κ2) is 11.2. The van der Waals surface area contributed by atoms with E-state index < -0.39 is 24.5 Å². The molecular formula is C31H29F3N2O4. The number of amides is 2. The van der Waals surface area contributed by atoms with E-state index in [-0.39, 0.29) is 37.4 Å². The molecule has 2 aliphatic rings. The van der Waals surface area contributed by atoms with Crippen LogP contribution < -0.4 is 5.32 Å². The first-order valence-corrected chi connectivity index (χ1v) is 13.1. The quantitative estimate of drug-likeness (QED) is 0.400. The molecule has 3 aromatic carbocycles. The smallest absolute Gasteiger partial charge is 0.397 e. The van der Waals surface area contributed by atoms with Crippen molar-refractivity contribution >= 4 is 17.8 Å². The van der Waals surface area contributed by atoms with Crippen LogP contribution in [0.25, 0.3) is 11.1 Å². The van der Waals surface area contributed by atoms with Crippen LogP contribution in [-0.4, -0.2) is 42.5 Å². The maximum Gasteiger partial charge on any atom is 0.397 e. The largest absolute Gasteiger partial charge is 0.465 e. The summed E-state index contributed by atoms with van der Waals surface area (Å²) in [5.74, 6) is -1.47. The molecule has 40 heavy (non-hydrogen) atoms. The first-order valence-electron chi connectivity index (χ1n) is 13.1. The minimum Gasteiger partial charge on any atom is -0.465 e. The Morgan fingerprint density at radius 2 is 1.77 bits per heavy atom. The summed E-state index contributed by atoms with van der Waals surface area (Å²) in [5.41, 5.74) is 5.44. The third kappa shape index (κ3) is 6.03. The molecule has 0 aromatic heterocycles. The lowest BCUT2D eigenvalue weighted by Gasteiger charge is -2.32. The van der Waals surface area contributed by atoms with E-state index in [1.54, 1.807) is 18.2 Å². The average molecular weight is 551 g/mol. The molecule has 1 aliphatic carbocycles. The van der Waals surface area contributed by atoms with Crippen LogP contribution in [0.4, 0.5) is 13.2 Å². The number of alkyl halides is 3. The van der Waals surface area contributed by atoms with E-state index in [1.807, 2.05) is 48.5 Å². The summed E-state index contributed by atoms with van der Waals surface area (Å²) in [4.78, 5) is 38.7. The number of carbonyl (C=O) groups excluding carboxylic acids is 3. The molecule has 0 saturated heterocycles. The molecule has 9 heteroatoms. The summed E-state index contributed by atoms with van der Waals surface area (Å²) in [6.07, 6.45) is -5.00. The molecule has 2 amide bonds. The predicted molar refractivity (Wildman–Crippen MR) is 142 cm³/mol. The van der Waals surface area contributed by atoms with Crippen molar-refractivity contribution in [2.24, 2.45) is 5.92 Å². The molecule has 0 bridgehead atoms. The summed E-state index contributed by atoms with van der Waals surface area (Å²) in [7, 11) is 1.30. The van der Waals surface area contributed by atoms with Crippen molar-refractivity contribution in [2.45, 2.75) is 44.4 Å². The van der Waals surface area contributed by atoms with Crippen molar-refractivity contribution in [1.29, 1.82) is 0 Å². The lowest BCUT2D eigenvalue weighted by molar-refractivity contribution is -0.162. The Morgan fingerprint density at radius 3 is 2.50 bits per heavy atom. The van der Waals surface area contributed by atoms with Crippen LogP contribution >= 0.6 is 0 Å². The number of nitrogens with zero attached hydrogens (tertiary/aromatic N) is 1. The van der Waals surface area contributed by atoms with Crippen molar-refractivity contribution in [3.8, 4) is 11.1 Å². The van der Waals surface area contributed by atoms with E-state index in [4.69, 9.17) is 4.74 Å². The van der Waals surface area contributed by atoms with E-state index in [9.17, 15) is 27.6 Å². The second-order valence-corrected chi connectivity index (χ2v) is 10.2. The molecule has 2 atom stereocenters. The zero-order chi connectivity index (χ0) is 28.4. The van der Waals surface area contributed by atoms with Crippen LogP contribution in [-0.2, 0) is 33.8 Å². The molecule has 1 heterocycles. The number of hydrogen-bond donors (Lipinski definition) is 1. The van der Waals surface area contributed by atoms with Crippen LogP contribution in [0.3, 0.4) is 0 Å². The third-order valence-corrected chi connectivity index (χ3v) is 7.62. The van der Waals surface area contributed by atoms with Gasteiger partial charge in [0.2, 0.25) is 11.8 Å². The molecule has 1 fully saturated rings. The number of nitrogens with one attached hydrogen (secondary N) is 1. The zero-order valence-corrected chi connectivity index (χ0v) is 22.0. The van der Waals surface area contributed by atoms with Gasteiger partial charge in [0.25, 0.3) is 0 Å². The molecule has 6 nitrogen and oxygen atoms in total. The first kappa shape index (κ1) is 27.4. The number of hydrogen-bond acceptors (Lipinski definition) is 4. The van der Waals surface area contributed by atoms with Gasteiger partial charge in [-0.2, -0.15) is 13.2 Å². The Morgan fingerprint density at radius 1 is 1.00 bits per heavy atom. The summed E-state index contributed by atoms with van der Waals surface area (Å²) >= 11 is 0. The first-order chi connectivity index (χ1) is 19.1. The molecule has 0 radical (unpaired) electrons. The maximum absolute atomic E-state index is 13.0. The minimum atomic E-state index is -4.59. The van der Waals surface area contributed by atoms with Gasteiger partial charge in [0.05, 0.1) is 12.7 Å². The highest BCUT2D eigenvalue weighted by molar-refractivity contribution is 5.91. The fourth-order valence-corrected chi connectivity index (χ4v) is 5.47. The van der Waals surface area contributed by atoms with Gasteiger partial charge in [-0.05, 0) is 64.3 Å². The minimum absolute atomic E-state index is 0.00997. The number of benzene rings is 3. The SMILES string of the molecule is COC(=O)c1cccc(-c2ccc(CNC(=O)[C@@H]3C[C@@H]3c3ccccc3)c3c2CCN(C(=O)CC(F)(F)F)C3)c1. The van der Waals surface area contributed by atoms with E-state index in [2.05, 4.69) is 5.32 Å². The Balaban J connectivity index is 1.40. The summed E-state index contributed by atoms with van der Waals surface area (Å²) in [6.45, 7) is 0.348. The summed E-state index contributed by atoms with van der Waals surface area (Å²) in [5, 5.41) is 3.00. The van der Waals surface area contributed by atoms with E-state index in [0.717, 1.165) is 39.8 Å². The molecular weight excluding hydrogens is 521 g/mol. The Bertz CT molecular complexity index is 1440. The van der Waals surface area contributed by atoms with E-state index in [0.29, 0.717) is 12.0 Å². The van der Waals surface area contributed by atoms with Crippen molar-refractivity contribution in [2.75, 3.05) is 13.7 Å². The van der Waals surface area contributed by atoms with Gasteiger partial charge >= 0.3 is 12.1 Å². The Kier molecular flexibility index (Phi) is 7.65. The molecule has 5 rings (SSSR count). The number of carbonyl (C=O) groups is 3. The monoisotopic (exact) mass is 550 g/mol. The molecule has 0 spiro atoms. The van der Waals surface area contributed by atoms with Gasteiger partial charge in [0.1, 0.15) is 6.42 Å². The van der Waals surface area contributed by atoms with Crippen LogP contribution in [0.5, 0.6) is 0 Å². The van der Waals surface area contributed by atoms with Crippen molar-refractivity contribution in [3.63, 3.8) is 0 Å². The topological polar surface area (TPSA) is 75.7 Å². The van der Waals surface area contributed by atoms with Crippen molar-refractivity contribution in [1.82, 2.24) is 10.2 Å². The van der Waals surface area contributed by atoms with Gasteiger partial charge in [-0.25, -0.2) is 4.79 Å². The predicted octanol–water partition coefficient (Wildman–Crippen LogP) is 5.40. The van der Waals surface area contributed by atoms with Gasteiger partial charge in [-0.1, -0.05) is 54.6 Å². The standard InChI is InChI=1S/C31H29F3N2O4/c1-40-30(39)21-9-5-8-20(14-21)23-11-10-22(17-35-29(38)26-15-25(26)19-6-3-2-4-7-19)27-18-36(13-12-24(23)27)28(37)16-31(32,33)34/h2-11,14,25-26H,12-13,15-18H2,1H3,(H,35,38)/t25-,26-/m1/s1. The van der Waals surface area contributed by atoms with Crippen LogP contribution in [0, 0.1) is 5.92 Å². The highest BCUT2D eigenvalue weighted by Gasteiger charge is 2.43. The number of esters is 1. The fourth-order valence-electron chi connectivity index (χ4n) is 5.47. The van der Waals surface area contributed by atoms with E-state index in [1.165, 1.54) is 12.0 Å². The molecule has 0 unspecified atom stereocenters. The zero-order valence-electron chi connectivity index (χ0n) is 22.0. The number of rotatable bonds is 7. The van der Waals surface area contributed by atoms with Crippen LogP contribution in [0.1, 0.15) is 51.4 Å². The fraction of sp³-hybridized carbons (Fsp3) is 0.323. The Labute approximate surface area is 230 Å². The van der Waals surface area contributed by atoms with Crippen molar-refractivity contribution in [3.05, 3.63) is 94.5 Å². The average Bonchev–Trinajstić information content (AvgIpc) is 3.76. The molecule has 1 saturated carbocycles. The highest BCUT2D eigenvalue weighted by atomic mass is 19.4. The maximum atomic E-state index is 13.0. The van der Waals surface area contributed by atoms with Gasteiger partial charge in [-0.3, -0.25) is 9.59 Å². The third-order valence-electron chi connectivity index (χ3n) is 7.62. The second-order valence-electron chi connectivity index (χ2n) is 10.2. The van der Waals surface area contributed by atoms with E-state index >= 15 is 0 Å². The normalized spacial score (nSPS) is 18.1. The highest BCUT2D eigenvalue weighted by Crippen LogP contribution is 2.47. The van der Waals surface area contributed by atoms with Crippen molar-refractivity contribution < 1.29 is 32.3 Å². The summed E-state index contributed by atoms with van der Waals surface area (Å²) in [6, 6.07) is 20.5. The number of fused-ring (bicyclic) bond motifs is 1. The Hall–Kier alpha value is -4.14. The molecule has 208 valence electrons. The number of methoxy groups -OCH3 is 1. The molecule has 3 aromatic rings. The van der Waals surface area contributed by atoms with Gasteiger partial charge < -0.3 is 15.0 Å². The number of halogens is 3. The van der Waals surface area contributed by atoms with Crippen LogP contribution in [0.15, 0.2) is 66.7 Å². The molecule has 1 N–H and O–H groups in total. The van der Waals surface area contributed by atoms with Gasteiger partial charge in [-0.15, -0.1) is 0 Å². The lowest BCUT2D eigenvalue weighted by Crippen LogP contribution is -2.39. The van der Waals surface area contributed by atoms with Crippen LogP contribution in [0.2, 0.25) is 0 Å². The summed E-state index contributed by atoms with van der Waals surface area (Å²) < 4.78 is 43.7. The van der Waals surface area contributed by atoms with Gasteiger partial charge in [0.15, 0.2) is 0 Å². The van der Waals surface area contributed by atoms with Gasteiger partial charge in [0, 0.05) is 25.6 Å². The lowest BCUT2D eigenvalue weighted by atomic mass is 9.87. The number of ether oxygens (including phenoxy) is 1. The molecule has 1 aliphatic heterocycles.